The van der Waals surface area contributed by atoms with Crippen molar-refractivity contribution in [2.45, 2.75) is 18.0 Å². The van der Waals surface area contributed by atoms with E-state index in [2.05, 4.69) is 14.2 Å². The van der Waals surface area contributed by atoms with Crippen molar-refractivity contribution < 1.29 is 40.0 Å². The average molecular weight is 497 g/mol. The first-order valence-corrected chi connectivity index (χ1v) is 11.4. The van der Waals surface area contributed by atoms with Crippen LogP contribution in [0.5, 0.6) is 17.4 Å². The van der Waals surface area contributed by atoms with Gasteiger partial charge < -0.3 is 24.1 Å². The van der Waals surface area contributed by atoms with Crippen molar-refractivity contribution in [3.05, 3.63) is 53.2 Å². The smallest absolute Gasteiger partial charge is 0.462 e. The number of amidine groups is 1. The summed E-state index contributed by atoms with van der Waals surface area (Å²) in [4.78, 5) is 8.78. The molecule has 0 radical (unpaired) electrons. The molecular formula is C21H18F3N3O6S. The molecule has 180 valence electrons. The summed E-state index contributed by atoms with van der Waals surface area (Å²) in [7, 11) is -5.87. The molecule has 1 fully saturated rings. The largest absolute Gasteiger partial charge is 0.534 e. The lowest BCUT2D eigenvalue weighted by Crippen LogP contribution is -2.37. The zero-order chi connectivity index (χ0) is 24.4. The van der Waals surface area contributed by atoms with Gasteiger partial charge >= 0.3 is 15.6 Å². The molecule has 1 aromatic carbocycles. The van der Waals surface area contributed by atoms with E-state index in [9.17, 15) is 21.6 Å². The van der Waals surface area contributed by atoms with Crippen molar-refractivity contribution in [1.29, 1.82) is 0 Å². The van der Waals surface area contributed by atoms with Gasteiger partial charge in [-0.25, -0.2) is 9.98 Å². The monoisotopic (exact) mass is 497 g/mol. The van der Waals surface area contributed by atoms with Crippen LogP contribution in [-0.2, 0) is 25.1 Å². The zero-order valence-electron chi connectivity index (χ0n) is 17.6. The highest BCUT2D eigenvalue weighted by molar-refractivity contribution is 7.88. The van der Waals surface area contributed by atoms with Gasteiger partial charge in [-0.2, -0.15) is 21.6 Å². The van der Waals surface area contributed by atoms with Crippen LogP contribution in [0.15, 0.2) is 41.5 Å². The Bertz CT molecular complexity index is 1340. The molecule has 1 aromatic heterocycles. The molecule has 1 unspecified atom stereocenters. The molecule has 1 atom stereocenters. The van der Waals surface area contributed by atoms with Crippen LogP contribution in [0.2, 0.25) is 0 Å². The Morgan fingerprint density at radius 1 is 1.18 bits per heavy atom. The van der Waals surface area contributed by atoms with Crippen LogP contribution in [0, 0.1) is 5.41 Å². The van der Waals surface area contributed by atoms with Crippen LogP contribution in [0.4, 0.5) is 13.2 Å². The topological polar surface area (TPSA) is 122 Å². The molecule has 34 heavy (non-hydrogen) atoms. The summed E-state index contributed by atoms with van der Waals surface area (Å²) in [6, 6.07) is 5.05. The lowest BCUT2D eigenvalue weighted by Gasteiger charge is -2.35. The number of rotatable bonds is 4. The Balaban J connectivity index is 1.58. The highest BCUT2D eigenvalue weighted by Crippen LogP contribution is 2.51. The summed E-state index contributed by atoms with van der Waals surface area (Å²) in [5.41, 5.74) is 0.177. The van der Waals surface area contributed by atoms with Crippen molar-refractivity contribution in [3.63, 3.8) is 0 Å². The van der Waals surface area contributed by atoms with Crippen molar-refractivity contribution in [2.75, 3.05) is 19.8 Å². The summed E-state index contributed by atoms with van der Waals surface area (Å²) in [6.07, 6.45) is 5.48. The lowest BCUT2D eigenvalue weighted by atomic mass is 9.81. The van der Waals surface area contributed by atoms with Crippen LogP contribution in [0.1, 0.15) is 23.6 Å². The number of hydrogen-bond acceptors (Lipinski definition) is 9. The minimum absolute atomic E-state index is 0.0913. The fraction of sp³-hybridized carbons (Fsp3) is 0.333. The molecule has 0 bridgehead atoms. The number of benzene rings is 1. The summed E-state index contributed by atoms with van der Waals surface area (Å²) in [5, 5.41) is 0. The van der Waals surface area contributed by atoms with Crippen molar-refractivity contribution in [1.82, 2.24) is 4.98 Å². The lowest BCUT2D eigenvalue weighted by molar-refractivity contribution is -0.0703. The van der Waals surface area contributed by atoms with Gasteiger partial charge in [0.15, 0.2) is 5.54 Å². The predicted octanol–water partition coefficient (Wildman–Crippen LogP) is 3.05. The van der Waals surface area contributed by atoms with Crippen molar-refractivity contribution >= 4 is 22.2 Å². The van der Waals surface area contributed by atoms with Gasteiger partial charge in [0.05, 0.1) is 18.8 Å². The Morgan fingerprint density at radius 2 is 1.94 bits per heavy atom. The third-order valence-electron chi connectivity index (χ3n) is 5.68. The van der Waals surface area contributed by atoms with Crippen molar-refractivity contribution in [2.24, 2.45) is 16.1 Å². The van der Waals surface area contributed by atoms with Gasteiger partial charge in [0.25, 0.3) is 6.02 Å². The summed E-state index contributed by atoms with van der Waals surface area (Å²) in [6.45, 7) is 3.14. The van der Waals surface area contributed by atoms with Crippen LogP contribution in [-0.4, -0.2) is 44.8 Å². The Kier molecular flexibility index (Phi) is 4.85. The third kappa shape index (κ3) is 3.64. The molecule has 2 N–H and O–H groups in total. The van der Waals surface area contributed by atoms with Gasteiger partial charge in [-0.15, -0.1) is 0 Å². The normalized spacial score (nSPS) is 22.9. The molecule has 5 rings (SSSR count). The quantitative estimate of drug-likeness (QED) is 0.505. The van der Waals surface area contributed by atoms with E-state index in [0.29, 0.717) is 24.3 Å². The first-order valence-electron chi connectivity index (χ1n) is 10.00. The molecule has 3 aliphatic heterocycles. The number of hydrogen-bond donors (Lipinski definition) is 1. The molecule has 2 aromatic rings. The number of nitrogens with two attached hydrogens (primary N) is 1. The standard InChI is InChI=1S/C21H18F3N3O6S/c1-19(9-30-10-19)5-4-12-6-15-17(26-8-12)32-16-3-2-13(33-34(28,29)21(22,23)24)7-14(16)20(15)11-31-18(25)27-20/h2-8H,9-11H2,1H3,(H2,25,27)/b5-4+. The number of alkyl halides is 3. The SMILES string of the molecule is CC1(/C=C/c2cnc3c(c2)C2(COC(N)=N2)c2cc(OS(=O)(=O)C(F)(F)F)ccc2O3)COC1. The molecule has 3 aliphatic rings. The predicted molar refractivity (Wildman–Crippen MR) is 113 cm³/mol. The Labute approximate surface area is 192 Å². The maximum atomic E-state index is 12.8. The number of aromatic nitrogens is 1. The van der Waals surface area contributed by atoms with Gasteiger partial charge in [-0.1, -0.05) is 19.1 Å². The molecule has 0 aliphatic carbocycles. The second-order valence-corrected chi connectivity index (χ2v) is 9.98. The zero-order valence-corrected chi connectivity index (χ0v) is 18.4. The van der Waals surface area contributed by atoms with Gasteiger partial charge in [0.1, 0.15) is 18.1 Å². The first kappa shape index (κ1) is 22.5. The summed E-state index contributed by atoms with van der Waals surface area (Å²) in [5.74, 6) is -0.159. The Hall–Kier alpha value is -3.32. The third-order valence-corrected chi connectivity index (χ3v) is 6.66. The van der Waals surface area contributed by atoms with E-state index < -0.39 is 26.9 Å². The number of aliphatic imine (C=N–C) groups is 1. The molecule has 0 amide bonds. The van der Waals surface area contributed by atoms with E-state index in [-0.39, 0.29) is 35.2 Å². The molecular weight excluding hydrogens is 479 g/mol. The number of halogens is 3. The number of ether oxygens (including phenoxy) is 3. The number of pyridine rings is 1. The van der Waals surface area contributed by atoms with Gasteiger partial charge in [0, 0.05) is 17.2 Å². The van der Waals surface area contributed by atoms with Crippen LogP contribution >= 0.6 is 0 Å². The van der Waals surface area contributed by atoms with Gasteiger partial charge in [-0.3, -0.25) is 0 Å². The molecule has 1 spiro atoms. The minimum atomic E-state index is -5.87. The van der Waals surface area contributed by atoms with E-state index in [0.717, 1.165) is 12.1 Å². The first-order chi connectivity index (χ1) is 15.9. The van der Waals surface area contributed by atoms with Gasteiger partial charge in [-0.05, 0) is 29.8 Å². The van der Waals surface area contributed by atoms with E-state index >= 15 is 0 Å². The van der Waals surface area contributed by atoms with E-state index in [1.807, 2.05) is 19.1 Å². The van der Waals surface area contributed by atoms with Crippen LogP contribution in [0.25, 0.3) is 6.08 Å². The van der Waals surface area contributed by atoms with Crippen molar-refractivity contribution in [3.8, 4) is 17.4 Å². The minimum Gasteiger partial charge on any atom is -0.462 e. The maximum absolute atomic E-state index is 12.8. The van der Waals surface area contributed by atoms with Gasteiger partial charge in [0.2, 0.25) is 5.88 Å². The highest BCUT2D eigenvalue weighted by Gasteiger charge is 2.50. The van der Waals surface area contributed by atoms with Crippen LogP contribution < -0.4 is 14.7 Å². The fourth-order valence-electron chi connectivity index (χ4n) is 3.86. The second kappa shape index (κ2) is 7.34. The van der Waals surface area contributed by atoms with E-state index in [1.165, 1.54) is 6.07 Å². The number of nitrogens with zero attached hydrogens (tertiary/aromatic N) is 2. The molecule has 4 heterocycles. The van der Waals surface area contributed by atoms with E-state index in [1.54, 1.807) is 12.3 Å². The maximum Gasteiger partial charge on any atom is 0.534 e. The summed E-state index contributed by atoms with van der Waals surface area (Å²) >= 11 is 0. The molecule has 13 heteroatoms. The molecule has 9 nitrogen and oxygen atoms in total. The summed E-state index contributed by atoms with van der Waals surface area (Å²) < 4.78 is 82.2. The number of fused-ring (bicyclic) bond motifs is 4. The Morgan fingerprint density at radius 3 is 2.56 bits per heavy atom. The average Bonchev–Trinajstić information content (AvgIpc) is 3.13. The van der Waals surface area contributed by atoms with Crippen LogP contribution in [0.3, 0.4) is 0 Å². The second-order valence-electron chi connectivity index (χ2n) is 8.44. The highest BCUT2D eigenvalue weighted by atomic mass is 32.2. The van der Waals surface area contributed by atoms with E-state index in [4.69, 9.17) is 19.9 Å². The molecule has 0 saturated carbocycles. The molecule has 1 saturated heterocycles. The fourth-order valence-corrected chi connectivity index (χ4v) is 4.31.